The van der Waals surface area contributed by atoms with Gasteiger partial charge in [0.05, 0.1) is 11.5 Å². The van der Waals surface area contributed by atoms with Crippen LogP contribution in [0.2, 0.25) is 0 Å². The molecule has 2 rings (SSSR count). The Bertz CT molecular complexity index is 1010. The molecule has 0 amide bonds. The lowest BCUT2D eigenvalue weighted by atomic mass is 10.3. The summed E-state index contributed by atoms with van der Waals surface area (Å²) in [6.07, 6.45) is 1.46. The smallest absolute Gasteiger partial charge is 0.375 e. The van der Waals surface area contributed by atoms with Crippen LogP contribution in [0.4, 0.5) is 0 Å². The average Bonchev–Trinajstić information content (AvgIpc) is 2.67. The molecule has 1 heterocycles. The second-order valence-electron chi connectivity index (χ2n) is 6.12. The van der Waals surface area contributed by atoms with Crippen LogP contribution in [0.5, 0.6) is 5.75 Å². The summed E-state index contributed by atoms with van der Waals surface area (Å²) >= 11 is 3.23. The van der Waals surface area contributed by atoms with Crippen molar-refractivity contribution in [2.24, 2.45) is 0 Å². The first-order valence-corrected chi connectivity index (χ1v) is 11.1. The molecular weight excluding hydrogens is 468 g/mol. The van der Waals surface area contributed by atoms with Gasteiger partial charge in [0.1, 0.15) is 12.4 Å². The molecule has 10 heteroatoms. The molecule has 0 radical (unpaired) electrons. The van der Waals surface area contributed by atoms with Gasteiger partial charge >= 0.3 is 5.97 Å². The van der Waals surface area contributed by atoms with Gasteiger partial charge in [-0.05, 0) is 37.6 Å². The maximum absolute atomic E-state index is 12.6. The van der Waals surface area contributed by atoms with Crippen molar-refractivity contribution in [1.29, 1.82) is 0 Å². The Kier molecular flexibility index (Phi) is 8.00. The number of carboxylic acids is 1. The second kappa shape index (κ2) is 10.0. The zero-order valence-corrected chi connectivity index (χ0v) is 18.3. The maximum atomic E-state index is 12.6. The van der Waals surface area contributed by atoms with Crippen molar-refractivity contribution >= 4 is 31.7 Å². The molecular formula is C19H21BrO8S. The van der Waals surface area contributed by atoms with Gasteiger partial charge in [0, 0.05) is 10.5 Å². The van der Waals surface area contributed by atoms with Gasteiger partial charge in [-0.15, -0.1) is 0 Å². The number of rotatable bonds is 10. The standard InChI is InChI=1S/C19H21BrO8S/c1-3-4-9-26-17-16(21)10-14(28-18(17)19(22)23)11-27-12(2)29(24,25)15-7-5-13(20)6-8-15/h5-8,10,12H,3-4,9,11H2,1-2H3,(H,22,23). The van der Waals surface area contributed by atoms with E-state index in [1.807, 2.05) is 6.92 Å². The molecule has 1 aromatic heterocycles. The molecule has 8 nitrogen and oxygen atoms in total. The number of carboxylic acid groups (broad SMARTS) is 1. The van der Waals surface area contributed by atoms with Crippen LogP contribution in [0.1, 0.15) is 43.0 Å². The zero-order valence-electron chi connectivity index (χ0n) is 15.9. The van der Waals surface area contributed by atoms with E-state index >= 15 is 0 Å². The number of carbonyl (C=O) groups is 1. The van der Waals surface area contributed by atoms with E-state index in [2.05, 4.69) is 15.9 Å². The van der Waals surface area contributed by atoms with Gasteiger partial charge in [-0.1, -0.05) is 29.3 Å². The third kappa shape index (κ3) is 5.91. The van der Waals surface area contributed by atoms with Crippen molar-refractivity contribution in [1.82, 2.24) is 0 Å². The average molecular weight is 489 g/mol. The minimum Gasteiger partial charge on any atom is -0.486 e. The Morgan fingerprint density at radius 3 is 2.52 bits per heavy atom. The first kappa shape index (κ1) is 23.1. The van der Waals surface area contributed by atoms with E-state index in [1.54, 1.807) is 12.1 Å². The van der Waals surface area contributed by atoms with E-state index in [4.69, 9.17) is 13.9 Å². The SMILES string of the molecule is CCCCOc1c(C(=O)O)oc(COC(C)S(=O)(=O)c2ccc(Br)cc2)cc1=O. The van der Waals surface area contributed by atoms with Gasteiger partial charge < -0.3 is 19.0 Å². The number of hydrogen-bond acceptors (Lipinski definition) is 7. The molecule has 1 aromatic carbocycles. The lowest BCUT2D eigenvalue weighted by molar-refractivity contribution is 0.0617. The minimum absolute atomic E-state index is 0.0700. The predicted molar refractivity (Wildman–Crippen MR) is 108 cm³/mol. The molecule has 0 fully saturated rings. The number of ether oxygens (including phenoxy) is 2. The van der Waals surface area contributed by atoms with Crippen molar-refractivity contribution in [2.45, 2.75) is 43.6 Å². The molecule has 1 atom stereocenters. The van der Waals surface area contributed by atoms with E-state index in [0.717, 1.165) is 17.0 Å². The summed E-state index contributed by atoms with van der Waals surface area (Å²) in [6.45, 7) is 3.05. The Hall–Kier alpha value is -2.17. The van der Waals surface area contributed by atoms with Crippen molar-refractivity contribution in [3.8, 4) is 5.75 Å². The van der Waals surface area contributed by atoms with Crippen molar-refractivity contribution in [3.63, 3.8) is 0 Å². The largest absolute Gasteiger partial charge is 0.486 e. The normalized spacial score (nSPS) is 12.5. The molecule has 0 aliphatic rings. The van der Waals surface area contributed by atoms with Gasteiger partial charge in [0.15, 0.2) is 5.44 Å². The zero-order chi connectivity index (χ0) is 21.6. The summed E-state index contributed by atoms with van der Waals surface area (Å²) in [6, 6.07) is 7.09. The minimum atomic E-state index is -3.79. The number of hydrogen-bond donors (Lipinski definition) is 1. The molecule has 0 aliphatic carbocycles. The molecule has 0 saturated carbocycles. The van der Waals surface area contributed by atoms with Gasteiger partial charge in [-0.3, -0.25) is 4.79 Å². The first-order valence-electron chi connectivity index (χ1n) is 8.81. The van der Waals surface area contributed by atoms with Crippen molar-refractivity contribution < 1.29 is 32.2 Å². The fourth-order valence-electron chi connectivity index (χ4n) is 2.30. The van der Waals surface area contributed by atoms with Gasteiger partial charge in [0.2, 0.25) is 21.0 Å². The summed E-state index contributed by atoms with van der Waals surface area (Å²) in [5.74, 6) is -2.61. The quantitative estimate of drug-likeness (QED) is 0.503. The first-order chi connectivity index (χ1) is 13.7. The van der Waals surface area contributed by atoms with Crippen LogP contribution in [0.15, 0.2) is 48.9 Å². The number of aromatic carboxylic acids is 1. The van der Waals surface area contributed by atoms with Gasteiger partial charge in [-0.2, -0.15) is 0 Å². The Morgan fingerprint density at radius 1 is 1.28 bits per heavy atom. The van der Waals surface area contributed by atoms with Gasteiger partial charge in [0.25, 0.3) is 5.76 Å². The number of unbranched alkanes of at least 4 members (excludes halogenated alkanes) is 1. The van der Waals surface area contributed by atoms with Crippen molar-refractivity contribution in [3.05, 3.63) is 56.5 Å². The van der Waals surface area contributed by atoms with Crippen LogP contribution in [0.25, 0.3) is 0 Å². The summed E-state index contributed by atoms with van der Waals surface area (Å²) in [5.41, 5.74) is -1.92. The highest BCUT2D eigenvalue weighted by atomic mass is 79.9. The summed E-state index contributed by atoms with van der Waals surface area (Å²) in [4.78, 5) is 23.7. The van der Waals surface area contributed by atoms with Crippen LogP contribution < -0.4 is 10.2 Å². The summed E-state index contributed by atoms with van der Waals surface area (Å²) < 4.78 is 41.7. The molecule has 158 valence electrons. The third-order valence-electron chi connectivity index (χ3n) is 3.93. The van der Waals surface area contributed by atoms with E-state index in [0.29, 0.717) is 6.42 Å². The number of benzene rings is 1. The molecule has 1 unspecified atom stereocenters. The molecule has 0 spiro atoms. The molecule has 0 saturated heterocycles. The van der Waals surface area contributed by atoms with Crippen molar-refractivity contribution in [2.75, 3.05) is 6.61 Å². The lowest BCUT2D eigenvalue weighted by Crippen LogP contribution is -2.22. The van der Waals surface area contributed by atoms with Gasteiger partial charge in [-0.25, -0.2) is 13.2 Å². The second-order valence-corrected chi connectivity index (χ2v) is 9.26. The van der Waals surface area contributed by atoms with E-state index < -0.39 is 39.0 Å². The van der Waals surface area contributed by atoms with Crippen LogP contribution in [0.3, 0.4) is 0 Å². The maximum Gasteiger partial charge on any atom is 0.375 e. The summed E-state index contributed by atoms with van der Waals surface area (Å²) in [5, 5.41) is 9.30. The van der Waals surface area contributed by atoms with E-state index in [1.165, 1.54) is 19.1 Å². The topological polar surface area (TPSA) is 120 Å². The number of halogens is 1. The van der Waals surface area contributed by atoms with Crippen LogP contribution >= 0.6 is 15.9 Å². The van der Waals surface area contributed by atoms with Crippen LogP contribution in [-0.4, -0.2) is 31.5 Å². The Morgan fingerprint density at radius 2 is 1.93 bits per heavy atom. The summed E-state index contributed by atoms with van der Waals surface area (Å²) in [7, 11) is -3.79. The fraction of sp³-hybridized carbons (Fsp3) is 0.368. The predicted octanol–water partition coefficient (Wildman–Crippen LogP) is 3.62. The highest BCUT2D eigenvalue weighted by Gasteiger charge is 2.25. The molecule has 2 aromatic rings. The monoisotopic (exact) mass is 488 g/mol. The van der Waals surface area contributed by atoms with Crippen LogP contribution in [-0.2, 0) is 21.2 Å². The van der Waals surface area contributed by atoms with E-state index in [9.17, 15) is 23.1 Å². The molecule has 0 bridgehead atoms. The molecule has 29 heavy (non-hydrogen) atoms. The lowest BCUT2D eigenvalue weighted by Gasteiger charge is -2.14. The third-order valence-corrected chi connectivity index (χ3v) is 6.40. The molecule has 0 aliphatic heterocycles. The Labute approximate surface area is 176 Å². The highest BCUT2D eigenvalue weighted by molar-refractivity contribution is 9.10. The number of sulfone groups is 1. The van der Waals surface area contributed by atoms with Crippen LogP contribution in [0, 0.1) is 0 Å². The van der Waals surface area contributed by atoms with E-state index in [-0.39, 0.29) is 23.0 Å². The molecule has 1 N–H and O–H groups in total. The highest BCUT2D eigenvalue weighted by Crippen LogP contribution is 2.22. The Balaban J connectivity index is 2.18. The fourth-order valence-corrected chi connectivity index (χ4v) is 3.71.